The van der Waals surface area contributed by atoms with Crippen LogP contribution in [0.5, 0.6) is 0 Å². The van der Waals surface area contributed by atoms with Gasteiger partial charge in [0.25, 0.3) is 0 Å². The Hall–Kier alpha value is 0.346. The Balaban J connectivity index is -0.000000195. The molecule has 156 valence electrons. The maximum absolute atomic E-state index is 10.3. The van der Waals surface area contributed by atoms with Crippen LogP contribution in [0.15, 0.2) is 0 Å². The van der Waals surface area contributed by atoms with Crippen molar-refractivity contribution in [3.63, 3.8) is 0 Å². The predicted octanol–water partition coefficient (Wildman–Crippen LogP) is 5.25. The van der Waals surface area contributed by atoms with Crippen LogP contribution in [0.4, 0.5) is 0 Å². The van der Waals surface area contributed by atoms with E-state index in [9.17, 15) is 4.79 Å². The quantitative estimate of drug-likeness (QED) is 0.157. The number of carbonyl (C=O) groups is 1. The summed E-state index contributed by atoms with van der Waals surface area (Å²) in [4.78, 5) is 31.9. The molecule has 0 aromatic carbocycles. The molecule has 0 aromatic heterocycles. The van der Waals surface area contributed by atoms with Crippen molar-refractivity contribution in [2.45, 2.75) is 110 Å². The van der Waals surface area contributed by atoms with Crippen molar-refractivity contribution in [2.75, 3.05) is 0 Å². The van der Waals surface area contributed by atoms with Crippen molar-refractivity contribution in [1.29, 1.82) is 0 Å². The molecular weight excluding hydrogens is 367 g/mol. The van der Waals surface area contributed by atoms with Crippen LogP contribution in [-0.2, 0) is 9.36 Å². The molecule has 0 aliphatic rings. The minimum absolute atomic E-state index is 0. The van der Waals surface area contributed by atoms with Crippen LogP contribution in [0.2, 0.25) is 0 Å². The van der Waals surface area contributed by atoms with E-state index in [2.05, 4.69) is 6.92 Å². The summed E-state index contributed by atoms with van der Waals surface area (Å²) >= 11 is 0. The predicted molar refractivity (Wildman–Crippen MR) is 109 cm³/mol. The molecule has 4 N–H and O–H groups in total. The Labute approximate surface area is 178 Å². The van der Waals surface area contributed by atoms with Gasteiger partial charge >= 0.3 is 36.8 Å². The number of unbranched alkanes of at least 4 members (excludes halogenated alkanes) is 14. The number of hydrogen-bond acceptors (Lipinski definition) is 2. The zero-order chi connectivity index (χ0) is 19.4. The second kappa shape index (κ2) is 23.4. The molecule has 6 nitrogen and oxygen atoms in total. The third kappa shape index (κ3) is 44.1. The van der Waals surface area contributed by atoms with Gasteiger partial charge in [-0.25, -0.2) is 4.57 Å². The summed E-state index contributed by atoms with van der Waals surface area (Å²) in [5.74, 6) is -0.653. The van der Waals surface area contributed by atoms with Gasteiger partial charge in [0.2, 0.25) is 0 Å². The van der Waals surface area contributed by atoms with Gasteiger partial charge in [-0.15, -0.1) is 0 Å². The smallest absolute Gasteiger partial charge is 1.00 e. The molecular formula is C18H41MgO6P. The Morgan fingerprint density at radius 1 is 0.692 bits per heavy atom. The molecule has 0 aliphatic heterocycles. The standard InChI is InChI=1S/C18H36O2.Mg.H3O4P.2H/c1-2-3-4-5-6-7-8-9-10-11-12-13-14-15-16-17-18(19)20;;1-5(2,3)4;;/h2-17H2,1H3,(H,19,20);;(H3,1,2,3,4);;/q;+2;;2*-1. The third-order valence-corrected chi connectivity index (χ3v) is 3.99. The summed E-state index contributed by atoms with van der Waals surface area (Å²) in [5, 5.41) is 8.52. The van der Waals surface area contributed by atoms with E-state index in [0.29, 0.717) is 6.42 Å². The number of rotatable bonds is 16. The van der Waals surface area contributed by atoms with Crippen molar-refractivity contribution < 1.29 is 32.0 Å². The van der Waals surface area contributed by atoms with E-state index in [0.717, 1.165) is 12.8 Å². The van der Waals surface area contributed by atoms with Gasteiger partial charge in [0, 0.05) is 6.42 Å². The fourth-order valence-electron chi connectivity index (χ4n) is 2.65. The molecule has 0 aliphatic carbocycles. The molecule has 0 heterocycles. The molecule has 0 fully saturated rings. The Morgan fingerprint density at radius 3 is 1.15 bits per heavy atom. The third-order valence-electron chi connectivity index (χ3n) is 3.99. The molecule has 0 radical (unpaired) electrons. The van der Waals surface area contributed by atoms with Gasteiger partial charge in [-0.05, 0) is 6.42 Å². The number of carboxylic acid groups (broad SMARTS) is 1. The summed E-state index contributed by atoms with van der Waals surface area (Å²) in [6, 6.07) is 0. The van der Waals surface area contributed by atoms with Crippen LogP contribution in [0.1, 0.15) is 113 Å². The second-order valence-corrected chi connectivity index (χ2v) is 7.63. The van der Waals surface area contributed by atoms with E-state index in [1.807, 2.05) is 0 Å². The van der Waals surface area contributed by atoms with Gasteiger partial charge in [-0.1, -0.05) is 96.8 Å². The summed E-state index contributed by atoms with van der Waals surface area (Å²) in [6.07, 6.45) is 20.2. The van der Waals surface area contributed by atoms with Crippen LogP contribution in [0.3, 0.4) is 0 Å². The Kier molecular flexibility index (Phi) is 27.9. The first-order valence-corrected chi connectivity index (χ1v) is 11.3. The molecule has 0 amide bonds. The molecule has 0 spiro atoms. The van der Waals surface area contributed by atoms with E-state index < -0.39 is 13.8 Å². The van der Waals surface area contributed by atoms with Crippen molar-refractivity contribution in [3.8, 4) is 0 Å². The Bertz CT molecular complexity index is 338. The van der Waals surface area contributed by atoms with Crippen LogP contribution < -0.4 is 0 Å². The molecule has 0 bridgehead atoms. The fraction of sp³-hybridized carbons (Fsp3) is 0.944. The first-order valence-electron chi connectivity index (χ1n) is 9.77. The number of aliphatic carboxylic acids is 1. The minimum Gasteiger partial charge on any atom is -1.00 e. The number of hydrogen-bond donors (Lipinski definition) is 4. The van der Waals surface area contributed by atoms with E-state index in [4.69, 9.17) is 24.4 Å². The summed E-state index contributed by atoms with van der Waals surface area (Å²) in [7, 11) is -4.64. The monoisotopic (exact) mass is 408 g/mol. The average molecular weight is 409 g/mol. The summed E-state index contributed by atoms with van der Waals surface area (Å²) in [6.45, 7) is 2.27. The maximum Gasteiger partial charge on any atom is 2.00 e. The number of carboxylic acids is 1. The molecule has 26 heavy (non-hydrogen) atoms. The van der Waals surface area contributed by atoms with Crippen molar-refractivity contribution in [2.24, 2.45) is 0 Å². The maximum atomic E-state index is 10.3. The van der Waals surface area contributed by atoms with Crippen molar-refractivity contribution in [1.82, 2.24) is 0 Å². The normalized spacial score (nSPS) is 10.6. The molecule has 0 unspecified atom stereocenters. The van der Waals surface area contributed by atoms with Gasteiger partial charge in [0.15, 0.2) is 0 Å². The zero-order valence-corrected chi connectivity index (χ0v) is 18.9. The summed E-state index contributed by atoms with van der Waals surface area (Å²) in [5.41, 5.74) is 0. The van der Waals surface area contributed by atoms with Gasteiger partial charge in [-0.3, -0.25) is 4.79 Å². The zero-order valence-electron chi connectivity index (χ0n) is 18.6. The van der Waals surface area contributed by atoms with E-state index in [1.165, 1.54) is 83.5 Å². The van der Waals surface area contributed by atoms with Crippen LogP contribution in [0, 0.1) is 0 Å². The summed E-state index contributed by atoms with van der Waals surface area (Å²) < 4.78 is 8.88. The van der Waals surface area contributed by atoms with Crippen molar-refractivity contribution >= 4 is 36.8 Å². The Morgan fingerprint density at radius 2 is 0.923 bits per heavy atom. The molecule has 0 rings (SSSR count). The number of phosphoric acid groups is 1. The van der Waals surface area contributed by atoms with Crippen molar-refractivity contribution in [3.05, 3.63) is 0 Å². The molecule has 0 atom stereocenters. The van der Waals surface area contributed by atoms with Gasteiger partial charge in [-0.2, -0.15) is 0 Å². The molecule has 0 aromatic rings. The molecule has 0 saturated heterocycles. The second-order valence-electron chi connectivity index (χ2n) is 6.61. The fourth-order valence-corrected chi connectivity index (χ4v) is 2.65. The van der Waals surface area contributed by atoms with Crippen LogP contribution >= 0.6 is 7.82 Å². The minimum atomic E-state index is -4.64. The van der Waals surface area contributed by atoms with E-state index in [-0.39, 0.29) is 25.9 Å². The van der Waals surface area contributed by atoms with Gasteiger partial charge in [0.05, 0.1) is 0 Å². The molecule has 0 saturated carbocycles. The van der Waals surface area contributed by atoms with Crippen LogP contribution in [-0.4, -0.2) is 48.8 Å². The SMILES string of the molecule is CCCCCCCCCCCCCCCCCC(=O)O.O=P(O)(O)O.[H-].[H-].[Mg+2]. The van der Waals surface area contributed by atoms with Crippen LogP contribution in [0.25, 0.3) is 0 Å². The largest absolute Gasteiger partial charge is 2.00 e. The molecule has 8 heteroatoms. The first-order chi connectivity index (χ1) is 11.8. The van der Waals surface area contributed by atoms with Gasteiger partial charge in [0.1, 0.15) is 0 Å². The topological polar surface area (TPSA) is 115 Å². The first kappa shape index (κ1) is 31.1. The van der Waals surface area contributed by atoms with E-state index >= 15 is 0 Å². The van der Waals surface area contributed by atoms with Gasteiger partial charge < -0.3 is 22.6 Å². The van der Waals surface area contributed by atoms with E-state index in [1.54, 1.807) is 0 Å². The average Bonchev–Trinajstić information content (AvgIpc) is 2.49.